The van der Waals surface area contributed by atoms with Gasteiger partial charge in [0, 0.05) is 12.1 Å². The summed E-state index contributed by atoms with van der Waals surface area (Å²) >= 11 is 0. The van der Waals surface area contributed by atoms with Gasteiger partial charge in [-0.15, -0.1) is 0 Å². The average molecular weight is 365 g/mol. The summed E-state index contributed by atoms with van der Waals surface area (Å²) < 4.78 is 32.2. The van der Waals surface area contributed by atoms with Crippen LogP contribution in [0.4, 0.5) is 0 Å². The van der Waals surface area contributed by atoms with Crippen molar-refractivity contribution >= 4 is 10.0 Å². The zero-order valence-electron chi connectivity index (χ0n) is 14.8. The summed E-state index contributed by atoms with van der Waals surface area (Å²) in [7, 11) is -2.15. The van der Waals surface area contributed by atoms with Gasteiger partial charge >= 0.3 is 0 Å². The molecule has 0 aromatic heterocycles. The molecule has 7 heteroatoms. The van der Waals surface area contributed by atoms with Crippen LogP contribution in [0.15, 0.2) is 29.2 Å². The van der Waals surface area contributed by atoms with E-state index in [0.717, 1.165) is 0 Å². The molecule has 0 atom stereocenters. The summed E-state index contributed by atoms with van der Waals surface area (Å²) in [5.74, 6) is 0.796. The standard InChI is InChI=1S/C18H23NO5S/c1-11-12(2)18(21)16(13(3)17(11)20)9-10-19-25(22,23)15-7-5-14(24-4)6-8-15/h5-8,19-21H,9-10H2,1-4H3. The summed E-state index contributed by atoms with van der Waals surface area (Å²) in [6.45, 7) is 5.25. The monoisotopic (exact) mass is 365 g/mol. The predicted molar refractivity (Wildman–Crippen MR) is 95.9 cm³/mol. The van der Waals surface area contributed by atoms with E-state index in [1.54, 1.807) is 32.9 Å². The van der Waals surface area contributed by atoms with Crippen molar-refractivity contribution in [3.05, 3.63) is 46.5 Å². The fraction of sp³-hybridized carbons (Fsp3) is 0.333. The molecule has 6 nitrogen and oxygen atoms in total. The van der Waals surface area contributed by atoms with Crippen molar-refractivity contribution in [2.75, 3.05) is 13.7 Å². The van der Waals surface area contributed by atoms with Gasteiger partial charge in [0.1, 0.15) is 17.2 Å². The second-order valence-electron chi connectivity index (χ2n) is 5.87. The van der Waals surface area contributed by atoms with E-state index >= 15 is 0 Å². The number of sulfonamides is 1. The van der Waals surface area contributed by atoms with Gasteiger partial charge in [-0.05, 0) is 68.1 Å². The maximum absolute atomic E-state index is 12.3. The van der Waals surface area contributed by atoms with Crippen molar-refractivity contribution in [1.29, 1.82) is 0 Å². The molecule has 0 heterocycles. The Balaban J connectivity index is 2.15. The molecule has 0 aliphatic carbocycles. The fourth-order valence-electron chi connectivity index (χ4n) is 2.64. The van der Waals surface area contributed by atoms with Gasteiger partial charge in [0.05, 0.1) is 12.0 Å². The lowest BCUT2D eigenvalue weighted by atomic mass is 9.96. The number of phenolic OH excluding ortho intramolecular Hbond substituents is 2. The molecular formula is C18H23NO5S. The normalized spacial score (nSPS) is 11.5. The van der Waals surface area contributed by atoms with Gasteiger partial charge in [0.25, 0.3) is 0 Å². The number of benzene rings is 2. The van der Waals surface area contributed by atoms with Crippen LogP contribution in [0.5, 0.6) is 17.2 Å². The molecule has 2 aromatic carbocycles. The molecule has 0 aliphatic rings. The van der Waals surface area contributed by atoms with Gasteiger partial charge in [-0.3, -0.25) is 0 Å². The Hall–Kier alpha value is -2.25. The van der Waals surface area contributed by atoms with E-state index < -0.39 is 10.0 Å². The number of hydrogen-bond acceptors (Lipinski definition) is 5. The Morgan fingerprint density at radius 2 is 1.52 bits per heavy atom. The van der Waals surface area contributed by atoms with Gasteiger partial charge in [0.2, 0.25) is 10.0 Å². The zero-order valence-corrected chi connectivity index (χ0v) is 15.6. The molecule has 0 unspecified atom stereocenters. The molecule has 0 radical (unpaired) electrons. The first kappa shape index (κ1) is 19.1. The SMILES string of the molecule is COc1ccc(S(=O)(=O)NCCc2c(C)c(O)c(C)c(C)c2O)cc1. The maximum atomic E-state index is 12.3. The quantitative estimate of drug-likeness (QED) is 0.684. The van der Waals surface area contributed by atoms with Crippen LogP contribution >= 0.6 is 0 Å². The third-order valence-corrected chi connectivity index (χ3v) is 5.88. The number of hydrogen-bond donors (Lipinski definition) is 3. The van der Waals surface area contributed by atoms with Crippen molar-refractivity contribution in [1.82, 2.24) is 4.72 Å². The van der Waals surface area contributed by atoms with E-state index in [2.05, 4.69) is 4.72 Å². The van der Waals surface area contributed by atoms with Crippen LogP contribution in [0, 0.1) is 20.8 Å². The number of nitrogens with one attached hydrogen (secondary N) is 1. The first-order chi connectivity index (χ1) is 11.7. The van der Waals surface area contributed by atoms with Crippen LogP contribution in [0.1, 0.15) is 22.3 Å². The lowest BCUT2D eigenvalue weighted by Gasteiger charge is -2.16. The molecule has 0 spiro atoms. The molecule has 2 rings (SSSR count). The Morgan fingerprint density at radius 3 is 2.08 bits per heavy atom. The van der Waals surface area contributed by atoms with Crippen LogP contribution < -0.4 is 9.46 Å². The Kier molecular flexibility index (Phi) is 5.59. The molecule has 0 saturated heterocycles. The summed E-state index contributed by atoms with van der Waals surface area (Å²) in [5, 5.41) is 20.4. The third-order valence-electron chi connectivity index (χ3n) is 4.40. The van der Waals surface area contributed by atoms with Crippen molar-refractivity contribution in [2.24, 2.45) is 0 Å². The number of ether oxygens (including phenoxy) is 1. The van der Waals surface area contributed by atoms with Gasteiger partial charge in [-0.1, -0.05) is 0 Å². The molecule has 0 amide bonds. The van der Waals surface area contributed by atoms with Crippen LogP contribution in [-0.4, -0.2) is 32.3 Å². The van der Waals surface area contributed by atoms with Gasteiger partial charge in [-0.25, -0.2) is 13.1 Å². The largest absolute Gasteiger partial charge is 0.507 e. The first-order valence-corrected chi connectivity index (χ1v) is 9.31. The Bertz CT molecular complexity index is 844. The van der Waals surface area contributed by atoms with E-state index in [9.17, 15) is 18.6 Å². The summed E-state index contributed by atoms with van der Waals surface area (Å²) in [4.78, 5) is 0.136. The number of methoxy groups -OCH3 is 1. The molecule has 3 N–H and O–H groups in total. The summed E-state index contributed by atoms with van der Waals surface area (Å²) in [6, 6.07) is 6.08. The van der Waals surface area contributed by atoms with E-state index in [1.807, 2.05) is 0 Å². The van der Waals surface area contributed by atoms with Gasteiger partial charge in [0.15, 0.2) is 0 Å². The molecule has 0 saturated carbocycles. The van der Waals surface area contributed by atoms with Crippen molar-refractivity contribution in [2.45, 2.75) is 32.1 Å². The van der Waals surface area contributed by atoms with Crippen molar-refractivity contribution in [3.63, 3.8) is 0 Å². The van der Waals surface area contributed by atoms with Crippen LogP contribution in [0.2, 0.25) is 0 Å². The maximum Gasteiger partial charge on any atom is 0.240 e. The zero-order chi connectivity index (χ0) is 18.8. The lowest BCUT2D eigenvalue weighted by molar-refractivity contribution is 0.414. The Labute approximate surface area is 148 Å². The smallest absolute Gasteiger partial charge is 0.240 e. The molecule has 0 bridgehead atoms. The van der Waals surface area contributed by atoms with Gasteiger partial charge in [-0.2, -0.15) is 0 Å². The van der Waals surface area contributed by atoms with Crippen LogP contribution in [0.25, 0.3) is 0 Å². The number of aromatic hydroxyl groups is 2. The molecule has 25 heavy (non-hydrogen) atoms. The molecule has 0 fully saturated rings. The minimum Gasteiger partial charge on any atom is -0.507 e. The Morgan fingerprint density at radius 1 is 0.960 bits per heavy atom. The topological polar surface area (TPSA) is 95.9 Å². The molecule has 0 aliphatic heterocycles. The summed E-state index contributed by atoms with van der Waals surface area (Å²) in [5.41, 5.74) is 2.32. The van der Waals surface area contributed by atoms with Crippen LogP contribution in [-0.2, 0) is 16.4 Å². The van der Waals surface area contributed by atoms with Crippen molar-refractivity contribution < 1.29 is 23.4 Å². The van der Waals surface area contributed by atoms with Crippen LogP contribution in [0.3, 0.4) is 0 Å². The second-order valence-corrected chi connectivity index (χ2v) is 7.64. The minimum atomic E-state index is -3.66. The van der Waals surface area contributed by atoms with Gasteiger partial charge < -0.3 is 14.9 Å². The third kappa shape index (κ3) is 3.88. The first-order valence-electron chi connectivity index (χ1n) is 7.83. The minimum absolute atomic E-state index is 0.0939. The number of phenols is 2. The molecular weight excluding hydrogens is 342 g/mol. The molecule has 2 aromatic rings. The van der Waals surface area contributed by atoms with Crippen molar-refractivity contribution in [3.8, 4) is 17.2 Å². The highest BCUT2D eigenvalue weighted by Crippen LogP contribution is 2.36. The van der Waals surface area contributed by atoms with E-state index in [-0.39, 0.29) is 29.4 Å². The van der Waals surface area contributed by atoms with E-state index in [1.165, 1.54) is 19.2 Å². The second kappa shape index (κ2) is 7.33. The lowest BCUT2D eigenvalue weighted by Crippen LogP contribution is -2.26. The average Bonchev–Trinajstić information content (AvgIpc) is 2.61. The predicted octanol–water partition coefficient (Wildman–Crippen LogP) is 2.55. The van der Waals surface area contributed by atoms with E-state index in [4.69, 9.17) is 4.74 Å². The highest BCUT2D eigenvalue weighted by atomic mass is 32.2. The molecule has 136 valence electrons. The van der Waals surface area contributed by atoms with E-state index in [0.29, 0.717) is 28.0 Å². The number of rotatable bonds is 6. The summed E-state index contributed by atoms with van der Waals surface area (Å²) in [6.07, 6.45) is 0.266. The fourth-order valence-corrected chi connectivity index (χ4v) is 3.67. The highest BCUT2D eigenvalue weighted by Gasteiger charge is 2.18. The highest BCUT2D eigenvalue weighted by molar-refractivity contribution is 7.89.